The number of halogens is 1. The number of hydrogen-bond donors (Lipinski definition) is 1. The highest BCUT2D eigenvalue weighted by molar-refractivity contribution is 5.97. The van der Waals surface area contributed by atoms with E-state index in [-0.39, 0.29) is 29.7 Å². The van der Waals surface area contributed by atoms with Crippen molar-refractivity contribution >= 4 is 18.2 Å². The van der Waals surface area contributed by atoms with Gasteiger partial charge in [-0.05, 0) is 45.0 Å². The number of benzene rings is 1. The van der Waals surface area contributed by atoms with Crippen LogP contribution in [0.15, 0.2) is 18.2 Å². The third-order valence-electron chi connectivity index (χ3n) is 6.86. The first-order chi connectivity index (χ1) is 12.0. The van der Waals surface area contributed by atoms with Gasteiger partial charge in [-0.1, -0.05) is 12.2 Å². The number of carbonyl (C=O) groups excluding carboxylic acids is 1. The summed E-state index contributed by atoms with van der Waals surface area (Å²) in [7, 11) is 3.77. The molecule has 1 aromatic carbocycles. The van der Waals surface area contributed by atoms with Crippen LogP contribution in [0.2, 0.25) is 0 Å². The largest absolute Gasteiger partial charge is 0.493 e. The number of likely N-dealkylation sites (tertiary alicyclic amines) is 1. The topological polar surface area (TPSA) is 59.0 Å². The Balaban J connectivity index is 0.00000168. The van der Waals surface area contributed by atoms with Gasteiger partial charge in [0.15, 0.2) is 17.3 Å². The van der Waals surface area contributed by atoms with Crippen LogP contribution < -0.4 is 9.47 Å². The van der Waals surface area contributed by atoms with Crippen molar-refractivity contribution in [1.82, 2.24) is 4.90 Å². The molecule has 2 bridgehead atoms. The molecule has 1 saturated heterocycles. The fourth-order valence-corrected chi connectivity index (χ4v) is 5.78. The maximum Gasteiger partial charge on any atom is 0.166 e. The number of ketones is 1. The summed E-state index contributed by atoms with van der Waals surface area (Å²) in [5.41, 5.74) is 2.70. The van der Waals surface area contributed by atoms with Crippen LogP contribution in [0, 0.1) is 5.92 Å². The summed E-state index contributed by atoms with van der Waals surface area (Å²) in [5, 5.41) is 10.7. The van der Waals surface area contributed by atoms with Gasteiger partial charge in [-0.25, -0.2) is 0 Å². The Morgan fingerprint density at radius 1 is 1.42 bits per heavy atom. The summed E-state index contributed by atoms with van der Waals surface area (Å²) in [4.78, 5) is 14.8. The molecule has 1 spiro atoms. The number of likely N-dealkylation sites (N-methyl/N-ethyl adjacent to an activating group) is 1. The van der Waals surface area contributed by atoms with Gasteiger partial charge in [0, 0.05) is 28.5 Å². The molecular formula is C20H24ClNO4. The molecule has 0 aromatic heterocycles. The molecule has 2 aliphatic carbocycles. The van der Waals surface area contributed by atoms with Crippen LogP contribution in [-0.2, 0) is 11.8 Å². The van der Waals surface area contributed by atoms with Crippen LogP contribution in [0.25, 0.3) is 0 Å². The van der Waals surface area contributed by atoms with Gasteiger partial charge < -0.3 is 19.5 Å². The standard InChI is InChI=1S/C20H23NO4.ClH/c1-10(22)11-9-16(24-3)18-17-12(11)8-14-13-4-5-15(23)19(25-18)20(13,17)6-7-21(14)2;/h4-5,9,13-15,19,23H,6-8H2,1-3H3;1H/t13-,14+,15-,19-,20-;/m0./s1. The molecule has 2 heterocycles. The van der Waals surface area contributed by atoms with Crippen molar-refractivity contribution < 1.29 is 19.4 Å². The summed E-state index contributed by atoms with van der Waals surface area (Å²) >= 11 is 0. The van der Waals surface area contributed by atoms with Crippen LogP contribution in [0.1, 0.15) is 34.8 Å². The molecule has 0 unspecified atom stereocenters. The quantitative estimate of drug-likeness (QED) is 0.632. The number of nitrogens with zero attached hydrogens (tertiary/aromatic N) is 1. The predicted molar refractivity (Wildman–Crippen MR) is 99.7 cm³/mol. The van der Waals surface area contributed by atoms with Gasteiger partial charge in [0.25, 0.3) is 0 Å². The average Bonchev–Trinajstić information content (AvgIpc) is 2.94. The van der Waals surface area contributed by atoms with E-state index in [2.05, 4.69) is 18.0 Å². The molecule has 1 fully saturated rings. The lowest BCUT2D eigenvalue weighted by Crippen LogP contribution is -2.64. The first-order valence-electron chi connectivity index (χ1n) is 8.97. The zero-order chi connectivity index (χ0) is 17.5. The van der Waals surface area contributed by atoms with Gasteiger partial charge in [-0.3, -0.25) is 4.79 Å². The Morgan fingerprint density at radius 2 is 2.19 bits per heavy atom. The number of aliphatic hydroxyl groups excluding tert-OH is 1. The molecule has 2 aliphatic heterocycles. The molecule has 5 atom stereocenters. The highest BCUT2D eigenvalue weighted by atomic mass is 35.5. The van der Waals surface area contributed by atoms with Crippen LogP contribution in [-0.4, -0.2) is 54.7 Å². The molecule has 1 N–H and O–H groups in total. The summed E-state index contributed by atoms with van der Waals surface area (Å²) in [6.07, 6.45) is 4.88. The van der Waals surface area contributed by atoms with Gasteiger partial charge in [0.2, 0.25) is 0 Å². The first kappa shape index (κ1) is 17.8. The SMILES string of the molecule is COc1cc(C(C)=O)c2c3c1O[C@H]1[C@@H](O)C=C[C@H]4[C@@H](C2)N(C)CC[C@@]341.Cl. The van der Waals surface area contributed by atoms with E-state index in [1.54, 1.807) is 14.0 Å². The fourth-order valence-electron chi connectivity index (χ4n) is 5.78. The molecule has 140 valence electrons. The minimum atomic E-state index is -0.635. The van der Waals surface area contributed by atoms with E-state index in [1.807, 2.05) is 12.1 Å². The molecule has 6 heteroatoms. The minimum Gasteiger partial charge on any atom is -0.493 e. The Hall–Kier alpha value is -1.56. The first-order valence-corrected chi connectivity index (χ1v) is 8.97. The molecule has 0 amide bonds. The number of piperidine rings is 1. The van der Waals surface area contributed by atoms with Gasteiger partial charge in [-0.15, -0.1) is 12.4 Å². The van der Waals surface area contributed by atoms with Crippen LogP contribution in [0.5, 0.6) is 11.5 Å². The second-order valence-electron chi connectivity index (χ2n) is 7.85. The van der Waals surface area contributed by atoms with Gasteiger partial charge in [0.05, 0.1) is 7.11 Å². The van der Waals surface area contributed by atoms with Crippen molar-refractivity contribution in [2.45, 2.75) is 43.4 Å². The monoisotopic (exact) mass is 377 g/mol. The molecule has 5 rings (SSSR count). The average molecular weight is 378 g/mol. The van der Waals surface area contributed by atoms with Gasteiger partial charge >= 0.3 is 0 Å². The third kappa shape index (κ3) is 1.91. The maximum absolute atomic E-state index is 12.4. The smallest absolute Gasteiger partial charge is 0.166 e. The zero-order valence-electron chi connectivity index (χ0n) is 15.2. The van der Waals surface area contributed by atoms with Crippen molar-refractivity contribution in [2.75, 3.05) is 20.7 Å². The Bertz CT molecular complexity index is 823. The van der Waals surface area contributed by atoms with Crippen molar-refractivity contribution in [3.05, 3.63) is 34.9 Å². The van der Waals surface area contributed by atoms with Crippen molar-refractivity contribution in [1.29, 1.82) is 0 Å². The molecular weight excluding hydrogens is 354 g/mol. The van der Waals surface area contributed by atoms with E-state index in [9.17, 15) is 9.90 Å². The van der Waals surface area contributed by atoms with E-state index in [0.717, 1.165) is 41.8 Å². The summed E-state index contributed by atoms with van der Waals surface area (Å²) in [5.74, 6) is 1.70. The van der Waals surface area contributed by atoms with E-state index in [1.165, 1.54) is 0 Å². The lowest BCUT2D eigenvalue weighted by Gasteiger charge is -2.56. The number of aliphatic hydroxyl groups is 1. The molecule has 0 radical (unpaired) electrons. The predicted octanol–water partition coefficient (Wildman–Crippen LogP) is 2.13. The minimum absolute atomic E-state index is 0. The summed E-state index contributed by atoms with van der Waals surface area (Å²) in [6.45, 7) is 2.58. The number of rotatable bonds is 2. The number of hydrogen-bond acceptors (Lipinski definition) is 5. The molecule has 5 nitrogen and oxygen atoms in total. The number of carbonyl (C=O) groups is 1. The molecule has 1 aromatic rings. The van der Waals surface area contributed by atoms with E-state index >= 15 is 0 Å². The van der Waals surface area contributed by atoms with Crippen molar-refractivity contribution in [3.63, 3.8) is 0 Å². The summed E-state index contributed by atoms with van der Waals surface area (Å²) in [6, 6.07) is 2.15. The molecule has 26 heavy (non-hydrogen) atoms. The van der Waals surface area contributed by atoms with Gasteiger partial charge in [-0.2, -0.15) is 0 Å². The third-order valence-corrected chi connectivity index (χ3v) is 6.86. The van der Waals surface area contributed by atoms with Crippen LogP contribution >= 0.6 is 12.4 Å². The Labute approximate surface area is 159 Å². The second-order valence-corrected chi connectivity index (χ2v) is 7.85. The maximum atomic E-state index is 12.4. The number of methoxy groups -OCH3 is 1. The van der Waals surface area contributed by atoms with Crippen LogP contribution in [0.4, 0.5) is 0 Å². The lowest BCUT2D eigenvalue weighted by molar-refractivity contribution is -0.0453. The highest BCUT2D eigenvalue weighted by Gasteiger charge is 2.64. The number of ether oxygens (including phenoxy) is 2. The van der Waals surface area contributed by atoms with Gasteiger partial charge in [0.1, 0.15) is 12.2 Å². The van der Waals surface area contributed by atoms with E-state index in [0.29, 0.717) is 17.7 Å². The fraction of sp³-hybridized carbons (Fsp3) is 0.550. The summed E-state index contributed by atoms with van der Waals surface area (Å²) < 4.78 is 11.9. The Morgan fingerprint density at radius 3 is 2.88 bits per heavy atom. The lowest BCUT2D eigenvalue weighted by atomic mass is 9.53. The van der Waals surface area contributed by atoms with Crippen LogP contribution in [0.3, 0.4) is 0 Å². The normalized spacial score (nSPS) is 36.0. The molecule has 4 aliphatic rings. The van der Waals surface area contributed by atoms with E-state index in [4.69, 9.17) is 9.47 Å². The molecule has 0 saturated carbocycles. The second kappa shape index (κ2) is 5.72. The van der Waals surface area contributed by atoms with Crippen molar-refractivity contribution in [2.24, 2.45) is 5.92 Å². The Kier molecular flexibility index (Phi) is 3.92. The van der Waals surface area contributed by atoms with Crippen molar-refractivity contribution in [3.8, 4) is 11.5 Å². The number of Topliss-reactive ketones (excluding diaryl/α,β-unsaturated/α-hetero) is 1. The van der Waals surface area contributed by atoms with E-state index < -0.39 is 6.10 Å². The highest BCUT2D eigenvalue weighted by Crippen LogP contribution is 2.63. The zero-order valence-corrected chi connectivity index (χ0v) is 16.0.